The summed E-state index contributed by atoms with van der Waals surface area (Å²) in [4.78, 5) is 26.3. The summed E-state index contributed by atoms with van der Waals surface area (Å²) in [5, 5.41) is 2.91. The predicted molar refractivity (Wildman–Crippen MR) is 112 cm³/mol. The minimum Gasteiger partial charge on any atom is -0.368 e. The molecule has 1 saturated heterocycles. The van der Waals surface area contributed by atoms with Crippen molar-refractivity contribution < 1.29 is 18.0 Å². The van der Waals surface area contributed by atoms with Crippen LogP contribution < -0.4 is 11.1 Å². The minimum absolute atomic E-state index is 0.0207. The summed E-state index contributed by atoms with van der Waals surface area (Å²) in [6.45, 7) is 1.33. The standard InChI is InChI=1S/C20H22ClN3O4S/c1-29(27,28)15-7-8-17(21)16(11-15)20(26)23-14-5-2-4-13(10-14)12-24-9-3-6-18(24)19(22)25/h2,4-5,7-8,10-11,18H,3,6,9,12H2,1H3,(H2,22,25)(H,23,26). The fourth-order valence-corrected chi connectivity index (χ4v) is 4.28. The molecule has 1 aliphatic heterocycles. The fraction of sp³-hybridized carbons (Fsp3) is 0.300. The van der Waals surface area contributed by atoms with Crippen LogP contribution in [-0.2, 0) is 21.2 Å². The third kappa shape index (κ3) is 5.14. The molecule has 3 N–H and O–H groups in total. The Morgan fingerprint density at radius 1 is 1.24 bits per heavy atom. The highest BCUT2D eigenvalue weighted by molar-refractivity contribution is 7.90. The number of nitrogens with two attached hydrogens (primary N) is 1. The lowest BCUT2D eigenvalue weighted by atomic mass is 10.1. The zero-order valence-corrected chi connectivity index (χ0v) is 17.5. The van der Waals surface area contributed by atoms with Crippen molar-refractivity contribution in [2.45, 2.75) is 30.3 Å². The molecule has 2 amide bonds. The molecule has 2 aromatic carbocycles. The first-order valence-corrected chi connectivity index (χ1v) is 11.4. The van der Waals surface area contributed by atoms with Gasteiger partial charge in [0, 0.05) is 18.5 Å². The Labute approximate surface area is 174 Å². The summed E-state index contributed by atoms with van der Waals surface area (Å²) in [7, 11) is -3.46. The topological polar surface area (TPSA) is 110 Å². The first-order chi connectivity index (χ1) is 13.6. The second kappa shape index (κ2) is 8.52. The zero-order valence-electron chi connectivity index (χ0n) is 15.9. The Kier molecular flexibility index (Phi) is 6.26. The maximum Gasteiger partial charge on any atom is 0.257 e. The number of benzene rings is 2. The molecule has 2 aromatic rings. The van der Waals surface area contributed by atoms with E-state index in [-0.39, 0.29) is 27.4 Å². The molecule has 7 nitrogen and oxygen atoms in total. The van der Waals surface area contributed by atoms with Crippen molar-refractivity contribution in [2.24, 2.45) is 5.73 Å². The number of halogens is 1. The van der Waals surface area contributed by atoms with Crippen molar-refractivity contribution in [2.75, 3.05) is 18.1 Å². The summed E-state index contributed by atoms with van der Waals surface area (Å²) in [5.74, 6) is -0.832. The highest BCUT2D eigenvalue weighted by Crippen LogP contribution is 2.24. The molecule has 1 aliphatic rings. The Morgan fingerprint density at radius 2 is 2.00 bits per heavy atom. The van der Waals surface area contributed by atoms with Gasteiger partial charge in [0.2, 0.25) is 5.91 Å². The van der Waals surface area contributed by atoms with Crippen LogP contribution in [0.3, 0.4) is 0 Å². The predicted octanol–water partition coefficient (Wildman–Crippen LogP) is 2.45. The number of amides is 2. The lowest BCUT2D eigenvalue weighted by Gasteiger charge is -2.22. The smallest absolute Gasteiger partial charge is 0.257 e. The first kappa shape index (κ1) is 21.3. The van der Waals surface area contributed by atoms with Gasteiger partial charge in [0.05, 0.1) is 21.5 Å². The normalized spacial score (nSPS) is 17.2. The van der Waals surface area contributed by atoms with Gasteiger partial charge in [-0.15, -0.1) is 0 Å². The van der Waals surface area contributed by atoms with Gasteiger partial charge in [-0.2, -0.15) is 0 Å². The summed E-state index contributed by atoms with van der Waals surface area (Å²) in [5.41, 5.74) is 7.01. The van der Waals surface area contributed by atoms with Crippen LogP contribution in [0.1, 0.15) is 28.8 Å². The molecule has 0 radical (unpaired) electrons. The van der Waals surface area contributed by atoms with Crippen molar-refractivity contribution in [1.82, 2.24) is 4.90 Å². The van der Waals surface area contributed by atoms with E-state index in [1.165, 1.54) is 18.2 Å². The number of carbonyl (C=O) groups excluding carboxylic acids is 2. The van der Waals surface area contributed by atoms with Crippen molar-refractivity contribution >= 4 is 38.9 Å². The number of rotatable bonds is 6. The second-order valence-electron chi connectivity index (χ2n) is 7.10. The molecular formula is C20H22ClN3O4S. The SMILES string of the molecule is CS(=O)(=O)c1ccc(Cl)c(C(=O)Nc2cccc(CN3CCCC3C(N)=O)c2)c1. The number of primary amides is 1. The fourth-order valence-electron chi connectivity index (χ4n) is 3.43. The molecule has 154 valence electrons. The molecule has 0 spiro atoms. The Morgan fingerprint density at radius 3 is 2.69 bits per heavy atom. The maximum atomic E-state index is 12.6. The average molecular weight is 436 g/mol. The van der Waals surface area contributed by atoms with E-state index in [0.29, 0.717) is 12.2 Å². The summed E-state index contributed by atoms with van der Waals surface area (Å²) in [6.07, 6.45) is 2.74. The van der Waals surface area contributed by atoms with Gasteiger partial charge < -0.3 is 11.1 Å². The van der Waals surface area contributed by atoms with Crippen LogP contribution in [-0.4, -0.2) is 44.0 Å². The van der Waals surface area contributed by atoms with Crippen LogP contribution in [0.25, 0.3) is 0 Å². The number of carbonyl (C=O) groups is 2. The van der Waals surface area contributed by atoms with E-state index < -0.39 is 15.7 Å². The summed E-state index contributed by atoms with van der Waals surface area (Å²) in [6, 6.07) is 11.0. The first-order valence-electron chi connectivity index (χ1n) is 9.08. The van der Waals surface area contributed by atoms with Crippen LogP contribution in [0.15, 0.2) is 47.4 Å². The summed E-state index contributed by atoms with van der Waals surface area (Å²) >= 11 is 6.09. The molecular weight excluding hydrogens is 414 g/mol. The number of likely N-dealkylation sites (tertiary alicyclic amines) is 1. The number of hydrogen-bond donors (Lipinski definition) is 2. The van der Waals surface area contributed by atoms with Crippen LogP contribution >= 0.6 is 11.6 Å². The molecule has 9 heteroatoms. The molecule has 0 bridgehead atoms. The Bertz CT molecular complexity index is 1060. The van der Waals surface area contributed by atoms with E-state index in [0.717, 1.165) is 31.2 Å². The largest absolute Gasteiger partial charge is 0.368 e. The molecule has 0 aliphatic carbocycles. The van der Waals surface area contributed by atoms with Gasteiger partial charge in [0.15, 0.2) is 9.84 Å². The van der Waals surface area contributed by atoms with E-state index >= 15 is 0 Å². The monoisotopic (exact) mass is 435 g/mol. The molecule has 29 heavy (non-hydrogen) atoms. The number of nitrogens with one attached hydrogen (secondary N) is 1. The third-order valence-electron chi connectivity index (χ3n) is 4.87. The van der Waals surface area contributed by atoms with E-state index in [1.54, 1.807) is 12.1 Å². The maximum absolute atomic E-state index is 12.6. The van der Waals surface area contributed by atoms with Gasteiger partial charge in [0.25, 0.3) is 5.91 Å². The lowest BCUT2D eigenvalue weighted by molar-refractivity contribution is -0.122. The van der Waals surface area contributed by atoms with Gasteiger partial charge in [-0.05, 0) is 55.3 Å². The van der Waals surface area contributed by atoms with Crippen LogP contribution in [0, 0.1) is 0 Å². The number of nitrogens with zero attached hydrogens (tertiary/aromatic N) is 1. The second-order valence-corrected chi connectivity index (χ2v) is 9.52. The molecule has 1 heterocycles. The van der Waals surface area contributed by atoms with E-state index in [1.807, 2.05) is 17.0 Å². The van der Waals surface area contributed by atoms with Crippen LogP contribution in [0.2, 0.25) is 5.02 Å². The van der Waals surface area contributed by atoms with Gasteiger partial charge in [0.1, 0.15) is 0 Å². The molecule has 0 aromatic heterocycles. The Balaban J connectivity index is 1.77. The minimum atomic E-state index is -3.46. The van der Waals surface area contributed by atoms with E-state index in [9.17, 15) is 18.0 Å². The molecule has 0 saturated carbocycles. The molecule has 1 unspecified atom stereocenters. The van der Waals surface area contributed by atoms with Crippen molar-refractivity contribution in [1.29, 1.82) is 0 Å². The van der Waals surface area contributed by atoms with Crippen molar-refractivity contribution in [3.05, 3.63) is 58.6 Å². The Hall–Kier alpha value is -2.42. The van der Waals surface area contributed by atoms with Gasteiger partial charge >= 0.3 is 0 Å². The number of anilines is 1. The van der Waals surface area contributed by atoms with E-state index in [4.69, 9.17) is 17.3 Å². The third-order valence-corrected chi connectivity index (χ3v) is 6.31. The highest BCUT2D eigenvalue weighted by Gasteiger charge is 2.28. The molecule has 1 fully saturated rings. The zero-order chi connectivity index (χ0) is 21.2. The average Bonchev–Trinajstić information content (AvgIpc) is 3.09. The summed E-state index contributed by atoms with van der Waals surface area (Å²) < 4.78 is 23.5. The quantitative estimate of drug-likeness (QED) is 0.724. The van der Waals surface area contributed by atoms with Gasteiger partial charge in [-0.25, -0.2) is 8.42 Å². The van der Waals surface area contributed by atoms with Gasteiger partial charge in [-0.3, -0.25) is 14.5 Å². The van der Waals surface area contributed by atoms with E-state index in [2.05, 4.69) is 5.32 Å². The molecule has 3 rings (SSSR count). The van der Waals surface area contributed by atoms with Crippen LogP contribution in [0.5, 0.6) is 0 Å². The lowest BCUT2D eigenvalue weighted by Crippen LogP contribution is -2.39. The van der Waals surface area contributed by atoms with Crippen molar-refractivity contribution in [3.63, 3.8) is 0 Å². The van der Waals surface area contributed by atoms with Crippen molar-refractivity contribution in [3.8, 4) is 0 Å². The highest BCUT2D eigenvalue weighted by atomic mass is 35.5. The number of sulfone groups is 1. The number of hydrogen-bond acceptors (Lipinski definition) is 5. The van der Waals surface area contributed by atoms with Crippen LogP contribution in [0.4, 0.5) is 5.69 Å². The van der Waals surface area contributed by atoms with Gasteiger partial charge in [-0.1, -0.05) is 23.7 Å². The molecule has 1 atom stereocenters.